The van der Waals surface area contributed by atoms with Crippen molar-refractivity contribution in [1.82, 2.24) is 9.80 Å². The molecule has 5 nitrogen and oxygen atoms in total. The largest absolute Gasteiger partial charge is 0.495 e. The second-order valence-corrected chi connectivity index (χ2v) is 7.96. The van der Waals surface area contributed by atoms with Crippen LogP contribution >= 0.6 is 0 Å². The summed E-state index contributed by atoms with van der Waals surface area (Å²) in [6.45, 7) is 7.01. The first-order valence-electron chi connectivity index (χ1n) is 9.78. The second-order valence-electron chi connectivity index (χ2n) is 7.96. The Kier molecular flexibility index (Phi) is 4.54. The maximum atomic E-state index is 6.10. The van der Waals surface area contributed by atoms with Crippen molar-refractivity contribution in [3.05, 3.63) is 17.7 Å². The average Bonchev–Trinajstić information content (AvgIpc) is 2.67. The summed E-state index contributed by atoms with van der Waals surface area (Å²) in [6, 6.07) is 6.61. The van der Waals surface area contributed by atoms with Gasteiger partial charge in [0.25, 0.3) is 0 Å². The minimum Gasteiger partial charge on any atom is -0.495 e. The Bertz CT molecular complexity index is 614. The Morgan fingerprint density at radius 3 is 2.36 bits per heavy atom. The Morgan fingerprint density at radius 2 is 1.80 bits per heavy atom. The monoisotopic (exact) mass is 344 g/mol. The summed E-state index contributed by atoms with van der Waals surface area (Å²) in [7, 11) is 3.99. The zero-order chi connectivity index (χ0) is 17.6. The summed E-state index contributed by atoms with van der Waals surface area (Å²) in [5.41, 5.74) is 9.49. The lowest BCUT2D eigenvalue weighted by atomic mass is 9.86. The summed E-state index contributed by atoms with van der Waals surface area (Å²) in [5.74, 6) is 0.800. The third-order valence-electron chi connectivity index (χ3n) is 6.72. The average molecular weight is 345 g/mol. The van der Waals surface area contributed by atoms with E-state index in [0.717, 1.165) is 49.1 Å². The molecule has 2 N–H and O–H groups in total. The number of ether oxygens (including phenoxy) is 1. The van der Waals surface area contributed by atoms with Gasteiger partial charge in [-0.1, -0.05) is 6.92 Å². The molecule has 25 heavy (non-hydrogen) atoms. The van der Waals surface area contributed by atoms with Crippen LogP contribution in [0.15, 0.2) is 12.1 Å². The van der Waals surface area contributed by atoms with E-state index < -0.39 is 0 Å². The van der Waals surface area contributed by atoms with E-state index in [1.165, 1.54) is 43.6 Å². The normalized spacial score (nSPS) is 28.0. The highest BCUT2D eigenvalue weighted by molar-refractivity contribution is 5.67. The molecule has 1 aromatic rings. The van der Waals surface area contributed by atoms with Crippen LogP contribution < -0.4 is 15.4 Å². The van der Waals surface area contributed by atoms with Crippen LogP contribution in [-0.2, 0) is 6.42 Å². The van der Waals surface area contributed by atoms with Gasteiger partial charge in [-0.3, -0.25) is 9.80 Å². The second kappa shape index (κ2) is 6.69. The number of anilines is 2. The SMILES string of the molecule is CCc1cc(N)c(OC)cc1N1CCC(N2CC3CC(C2)N3C)CC1. The van der Waals surface area contributed by atoms with E-state index in [1.807, 2.05) is 0 Å². The van der Waals surface area contributed by atoms with Gasteiger partial charge in [0.15, 0.2) is 0 Å². The highest BCUT2D eigenvalue weighted by atomic mass is 16.5. The van der Waals surface area contributed by atoms with Crippen molar-refractivity contribution in [2.75, 3.05) is 51.0 Å². The molecule has 5 heteroatoms. The van der Waals surface area contributed by atoms with Gasteiger partial charge in [0, 0.05) is 56.1 Å². The first-order chi connectivity index (χ1) is 12.1. The summed E-state index contributed by atoms with van der Waals surface area (Å²) in [4.78, 5) is 7.87. The molecule has 0 spiro atoms. The fourth-order valence-corrected chi connectivity index (χ4v) is 4.99. The number of fused-ring (bicyclic) bond motifs is 2. The minimum atomic E-state index is 0.745. The molecule has 138 valence electrons. The van der Waals surface area contributed by atoms with Crippen molar-refractivity contribution < 1.29 is 4.74 Å². The number of nitrogen functional groups attached to an aromatic ring is 1. The maximum Gasteiger partial charge on any atom is 0.143 e. The standard InChI is InChI=1S/C20H32N4O/c1-4-14-9-18(21)20(25-3)11-19(14)23-7-5-15(6-8-23)24-12-16-10-17(13-24)22(16)2/h9,11,15-17H,4-8,10,12-13,21H2,1-3H3. The molecule has 0 saturated carbocycles. The molecule has 0 aliphatic carbocycles. The van der Waals surface area contributed by atoms with E-state index in [1.54, 1.807) is 7.11 Å². The molecule has 4 heterocycles. The van der Waals surface area contributed by atoms with Crippen LogP contribution in [0.25, 0.3) is 0 Å². The molecular weight excluding hydrogens is 312 g/mol. The number of aryl methyl sites for hydroxylation is 1. The molecule has 5 rings (SSSR count). The number of rotatable bonds is 4. The fraction of sp³-hybridized carbons (Fsp3) is 0.700. The molecule has 1 aromatic carbocycles. The molecule has 2 atom stereocenters. The Balaban J connectivity index is 1.42. The lowest BCUT2D eigenvalue weighted by Crippen LogP contribution is -2.69. The summed E-state index contributed by atoms with van der Waals surface area (Å²) in [5, 5.41) is 0. The first kappa shape index (κ1) is 17.0. The van der Waals surface area contributed by atoms with Crippen LogP contribution in [0.4, 0.5) is 11.4 Å². The molecule has 0 aromatic heterocycles. The lowest BCUT2D eigenvalue weighted by molar-refractivity contribution is -0.0681. The number of benzene rings is 1. The first-order valence-corrected chi connectivity index (χ1v) is 9.78. The Labute approximate surface area is 151 Å². The summed E-state index contributed by atoms with van der Waals surface area (Å²) < 4.78 is 5.45. The third-order valence-corrected chi connectivity index (χ3v) is 6.72. The van der Waals surface area contributed by atoms with Gasteiger partial charge < -0.3 is 15.4 Å². The topological polar surface area (TPSA) is 45.0 Å². The third kappa shape index (κ3) is 2.97. The quantitative estimate of drug-likeness (QED) is 0.849. The predicted octanol–water partition coefficient (Wildman–Crippen LogP) is 2.20. The van der Waals surface area contributed by atoms with Crippen LogP contribution in [0.2, 0.25) is 0 Å². The van der Waals surface area contributed by atoms with Gasteiger partial charge in [0.05, 0.1) is 12.8 Å². The fourth-order valence-electron chi connectivity index (χ4n) is 4.99. The van der Waals surface area contributed by atoms with Crippen LogP contribution in [0, 0.1) is 0 Å². The van der Waals surface area contributed by atoms with E-state index in [-0.39, 0.29) is 0 Å². The van der Waals surface area contributed by atoms with E-state index >= 15 is 0 Å². The molecule has 4 saturated heterocycles. The van der Waals surface area contributed by atoms with Gasteiger partial charge in [-0.05, 0) is 44.4 Å². The van der Waals surface area contributed by atoms with Crippen molar-refractivity contribution in [1.29, 1.82) is 0 Å². The number of likely N-dealkylation sites (N-methyl/N-ethyl adjacent to an activating group) is 1. The van der Waals surface area contributed by atoms with E-state index in [0.29, 0.717) is 0 Å². The lowest BCUT2D eigenvalue weighted by Gasteiger charge is -2.57. The van der Waals surface area contributed by atoms with Crippen LogP contribution in [-0.4, -0.2) is 68.3 Å². The number of methoxy groups -OCH3 is 1. The molecule has 0 radical (unpaired) electrons. The molecule has 4 aliphatic heterocycles. The highest BCUT2D eigenvalue weighted by Gasteiger charge is 2.44. The molecule has 4 aliphatic rings. The molecular formula is C20H32N4O. The highest BCUT2D eigenvalue weighted by Crippen LogP contribution is 2.36. The maximum absolute atomic E-state index is 6.10. The van der Waals surface area contributed by atoms with Gasteiger partial charge in [-0.15, -0.1) is 0 Å². The van der Waals surface area contributed by atoms with E-state index in [2.05, 4.69) is 40.8 Å². The Morgan fingerprint density at radius 1 is 1.12 bits per heavy atom. The van der Waals surface area contributed by atoms with Crippen LogP contribution in [0.5, 0.6) is 5.75 Å². The number of nitrogens with two attached hydrogens (primary N) is 1. The van der Waals surface area contributed by atoms with Crippen molar-refractivity contribution in [2.45, 2.75) is 50.7 Å². The van der Waals surface area contributed by atoms with Crippen molar-refractivity contribution in [3.8, 4) is 5.75 Å². The van der Waals surface area contributed by atoms with E-state index in [4.69, 9.17) is 10.5 Å². The van der Waals surface area contributed by atoms with Crippen molar-refractivity contribution in [3.63, 3.8) is 0 Å². The number of hydrogen-bond acceptors (Lipinski definition) is 5. The molecule has 0 amide bonds. The van der Waals surface area contributed by atoms with Gasteiger partial charge in [0.2, 0.25) is 0 Å². The number of hydrogen-bond donors (Lipinski definition) is 1. The zero-order valence-electron chi connectivity index (χ0n) is 15.9. The molecule has 2 bridgehead atoms. The van der Waals surface area contributed by atoms with Crippen LogP contribution in [0.3, 0.4) is 0 Å². The number of piperidine rings is 2. The van der Waals surface area contributed by atoms with Crippen molar-refractivity contribution in [2.24, 2.45) is 0 Å². The van der Waals surface area contributed by atoms with Gasteiger partial charge in [-0.2, -0.15) is 0 Å². The predicted molar refractivity (Wildman–Crippen MR) is 104 cm³/mol. The van der Waals surface area contributed by atoms with Gasteiger partial charge in [0.1, 0.15) is 5.75 Å². The minimum absolute atomic E-state index is 0.745. The molecule has 2 unspecified atom stereocenters. The van der Waals surface area contributed by atoms with E-state index in [9.17, 15) is 0 Å². The zero-order valence-corrected chi connectivity index (χ0v) is 15.9. The number of piperazine rings is 1. The smallest absolute Gasteiger partial charge is 0.143 e. The number of nitrogens with zero attached hydrogens (tertiary/aromatic N) is 3. The van der Waals surface area contributed by atoms with Gasteiger partial charge in [-0.25, -0.2) is 0 Å². The Hall–Kier alpha value is -1.46. The molecule has 4 fully saturated rings. The van der Waals surface area contributed by atoms with Gasteiger partial charge >= 0.3 is 0 Å². The summed E-state index contributed by atoms with van der Waals surface area (Å²) in [6.07, 6.45) is 4.94. The van der Waals surface area contributed by atoms with Crippen molar-refractivity contribution >= 4 is 11.4 Å². The summed E-state index contributed by atoms with van der Waals surface area (Å²) >= 11 is 0. The van der Waals surface area contributed by atoms with Crippen LogP contribution in [0.1, 0.15) is 31.7 Å².